The van der Waals surface area contributed by atoms with E-state index >= 15 is 0 Å². The van der Waals surface area contributed by atoms with Crippen LogP contribution < -0.4 is 10.1 Å². The Bertz CT molecular complexity index is 377. The van der Waals surface area contributed by atoms with Crippen LogP contribution in [0.3, 0.4) is 0 Å². The van der Waals surface area contributed by atoms with Crippen molar-refractivity contribution in [3.8, 4) is 18.1 Å². The Kier molecular flexibility index (Phi) is 6.32. The summed E-state index contributed by atoms with van der Waals surface area (Å²) in [5.74, 6) is 3.71. The topological polar surface area (TPSA) is 21.3 Å². The van der Waals surface area contributed by atoms with Gasteiger partial charge in [0.25, 0.3) is 0 Å². The first-order valence-corrected chi connectivity index (χ1v) is 6.66. The maximum absolute atomic E-state index is 5.52. The molecule has 0 bridgehead atoms. The van der Waals surface area contributed by atoms with E-state index in [-0.39, 0.29) is 12.1 Å². The summed E-state index contributed by atoms with van der Waals surface area (Å²) in [5, 5.41) is 3.46. The molecule has 0 aliphatic heterocycles. The molecular weight excluding hydrogens is 222 g/mol. The number of terminal acetylenes is 1. The van der Waals surface area contributed by atoms with Gasteiger partial charge in [-0.2, -0.15) is 0 Å². The van der Waals surface area contributed by atoms with E-state index in [2.05, 4.69) is 37.2 Å². The van der Waals surface area contributed by atoms with Gasteiger partial charge >= 0.3 is 0 Å². The van der Waals surface area contributed by atoms with E-state index in [1.807, 2.05) is 19.1 Å². The van der Waals surface area contributed by atoms with Crippen molar-refractivity contribution in [1.82, 2.24) is 5.32 Å². The molecule has 2 atom stereocenters. The lowest BCUT2D eigenvalue weighted by molar-refractivity contribution is 0.340. The van der Waals surface area contributed by atoms with Crippen LogP contribution in [0.5, 0.6) is 5.75 Å². The van der Waals surface area contributed by atoms with Crippen LogP contribution >= 0.6 is 0 Å². The van der Waals surface area contributed by atoms with Gasteiger partial charge in [-0.25, -0.2) is 0 Å². The van der Waals surface area contributed by atoms with Crippen LogP contribution in [-0.2, 0) is 0 Å². The van der Waals surface area contributed by atoms with E-state index in [4.69, 9.17) is 11.2 Å². The van der Waals surface area contributed by atoms with Gasteiger partial charge in [-0.3, -0.25) is 5.32 Å². The molecule has 1 N–H and O–H groups in total. The average Bonchev–Trinajstić information content (AvgIpc) is 2.39. The van der Waals surface area contributed by atoms with Crippen LogP contribution in [0.1, 0.15) is 45.2 Å². The highest BCUT2D eigenvalue weighted by atomic mass is 16.5. The van der Waals surface area contributed by atoms with Crippen molar-refractivity contribution >= 4 is 0 Å². The summed E-state index contributed by atoms with van der Waals surface area (Å²) < 4.78 is 5.43. The van der Waals surface area contributed by atoms with Crippen molar-refractivity contribution in [1.29, 1.82) is 0 Å². The fourth-order valence-electron chi connectivity index (χ4n) is 1.92. The minimum absolute atomic E-state index is 0.150. The Morgan fingerprint density at radius 2 is 1.94 bits per heavy atom. The zero-order chi connectivity index (χ0) is 13.4. The molecule has 2 nitrogen and oxygen atoms in total. The molecule has 1 aromatic rings. The minimum atomic E-state index is 0.150. The fraction of sp³-hybridized carbons (Fsp3) is 0.500. The van der Waals surface area contributed by atoms with Crippen LogP contribution in [0.15, 0.2) is 24.3 Å². The molecule has 18 heavy (non-hydrogen) atoms. The number of benzene rings is 1. The third-order valence-electron chi connectivity index (χ3n) is 2.92. The van der Waals surface area contributed by atoms with E-state index < -0.39 is 0 Å². The van der Waals surface area contributed by atoms with Gasteiger partial charge < -0.3 is 4.74 Å². The standard InChI is InChI=1S/C16H23NO/c1-5-8-15(6-2)17-13(4)14-9-11-16(12-10-14)18-7-3/h2,9-13,15,17H,5,7-8H2,1,3-4H3. The Morgan fingerprint density at radius 1 is 1.28 bits per heavy atom. The van der Waals surface area contributed by atoms with Crippen molar-refractivity contribution < 1.29 is 4.74 Å². The summed E-state index contributed by atoms with van der Waals surface area (Å²) in [6.45, 7) is 6.96. The van der Waals surface area contributed by atoms with Crippen LogP contribution in [-0.4, -0.2) is 12.6 Å². The van der Waals surface area contributed by atoms with E-state index in [9.17, 15) is 0 Å². The SMILES string of the molecule is C#CC(CCC)NC(C)c1ccc(OCC)cc1. The Labute approximate surface area is 111 Å². The maximum Gasteiger partial charge on any atom is 0.119 e. The first kappa shape index (κ1) is 14.6. The molecule has 1 aromatic carbocycles. The summed E-state index contributed by atoms with van der Waals surface area (Å²) >= 11 is 0. The number of ether oxygens (including phenoxy) is 1. The Morgan fingerprint density at radius 3 is 2.44 bits per heavy atom. The second-order valence-corrected chi connectivity index (χ2v) is 4.40. The molecule has 98 valence electrons. The fourth-order valence-corrected chi connectivity index (χ4v) is 1.92. The van der Waals surface area contributed by atoms with Gasteiger partial charge in [0, 0.05) is 6.04 Å². The molecule has 0 aliphatic carbocycles. The van der Waals surface area contributed by atoms with Crippen molar-refractivity contribution in [2.45, 2.75) is 45.7 Å². The van der Waals surface area contributed by atoms with E-state index in [1.165, 1.54) is 5.56 Å². The lowest BCUT2D eigenvalue weighted by Crippen LogP contribution is -2.30. The molecule has 0 radical (unpaired) electrons. The number of hydrogen-bond donors (Lipinski definition) is 1. The molecular formula is C16H23NO. The van der Waals surface area contributed by atoms with E-state index in [0.29, 0.717) is 6.61 Å². The summed E-state index contributed by atoms with van der Waals surface area (Å²) in [4.78, 5) is 0. The molecule has 0 aromatic heterocycles. The first-order chi connectivity index (χ1) is 8.71. The van der Waals surface area contributed by atoms with Crippen molar-refractivity contribution in [2.75, 3.05) is 6.61 Å². The quantitative estimate of drug-likeness (QED) is 0.742. The summed E-state index contributed by atoms with van der Waals surface area (Å²) in [5.41, 5.74) is 1.23. The monoisotopic (exact) mass is 245 g/mol. The van der Waals surface area contributed by atoms with Crippen molar-refractivity contribution in [3.05, 3.63) is 29.8 Å². The number of hydrogen-bond acceptors (Lipinski definition) is 2. The largest absolute Gasteiger partial charge is 0.494 e. The van der Waals surface area contributed by atoms with Gasteiger partial charge in [0.2, 0.25) is 0 Å². The molecule has 2 unspecified atom stereocenters. The molecule has 0 aliphatic rings. The van der Waals surface area contributed by atoms with Crippen molar-refractivity contribution in [2.24, 2.45) is 0 Å². The Hall–Kier alpha value is -1.46. The zero-order valence-electron chi connectivity index (χ0n) is 11.6. The van der Waals surface area contributed by atoms with Gasteiger partial charge in [0.05, 0.1) is 12.6 Å². The lowest BCUT2D eigenvalue weighted by Gasteiger charge is -2.19. The van der Waals surface area contributed by atoms with E-state index in [0.717, 1.165) is 18.6 Å². The number of rotatable bonds is 7. The minimum Gasteiger partial charge on any atom is -0.494 e. The molecule has 1 rings (SSSR count). The first-order valence-electron chi connectivity index (χ1n) is 6.66. The van der Waals surface area contributed by atoms with Gasteiger partial charge in [0.15, 0.2) is 0 Å². The second-order valence-electron chi connectivity index (χ2n) is 4.40. The Balaban J connectivity index is 2.60. The molecule has 0 amide bonds. The molecule has 0 saturated carbocycles. The molecule has 0 fully saturated rings. The molecule has 0 spiro atoms. The van der Waals surface area contributed by atoms with Crippen LogP contribution in [0.2, 0.25) is 0 Å². The lowest BCUT2D eigenvalue weighted by atomic mass is 10.1. The van der Waals surface area contributed by atoms with Crippen LogP contribution in [0, 0.1) is 12.3 Å². The van der Waals surface area contributed by atoms with Gasteiger partial charge in [-0.05, 0) is 38.0 Å². The van der Waals surface area contributed by atoms with Crippen molar-refractivity contribution in [3.63, 3.8) is 0 Å². The normalized spacial score (nSPS) is 13.7. The predicted octanol–water partition coefficient (Wildman–Crippen LogP) is 3.54. The van der Waals surface area contributed by atoms with Crippen LogP contribution in [0.4, 0.5) is 0 Å². The zero-order valence-corrected chi connectivity index (χ0v) is 11.6. The average molecular weight is 245 g/mol. The van der Waals surface area contributed by atoms with Crippen LogP contribution in [0.25, 0.3) is 0 Å². The van der Waals surface area contributed by atoms with Gasteiger partial charge in [-0.1, -0.05) is 31.4 Å². The smallest absolute Gasteiger partial charge is 0.119 e. The highest BCUT2D eigenvalue weighted by Crippen LogP contribution is 2.18. The molecule has 2 heteroatoms. The molecule has 0 saturated heterocycles. The third-order valence-corrected chi connectivity index (χ3v) is 2.92. The highest BCUT2D eigenvalue weighted by molar-refractivity contribution is 5.29. The summed E-state index contributed by atoms with van der Waals surface area (Å²) in [7, 11) is 0. The molecule has 0 heterocycles. The third kappa shape index (κ3) is 4.43. The van der Waals surface area contributed by atoms with Gasteiger partial charge in [-0.15, -0.1) is 6.42 Å². The van der Waals surface area contributed by atoms with Gasteiger partial charge in [0.1, 0.15) is 5.75 Å². The predicted molar refractivity (Wildman–Crippen MR) is 76.7 cm³/mol. The number of nitrogens with one attached hydrogen (secondary N) is 1. The second kappa shape index (κ2) is 7.79. The van der Waals surface area contributed by atoms with E-state index in [1.54, 1.807) is 0 Å². The summed E-state index contributed by atoms with van der Waals surface area (Å²) in [6, 6.07) is 8.58. The summed E-state index contributed by atoms with van der Waals surface area (Å²) in [6.07, 6.45) is 7.62. The maximum atomic E-state index is 5.52. The highest BCUT2D eigenvalue weighted by Gasteiger charge is 2.10.